The molecule has 148 valence electrons. The average molecular weight is 371 g/mol. The number of aliphatic hydroxyl groups excluding tert-OH is 1. The standard InChI is InChI=1S/C24H34O3/c1-16-18(17-10-7-6-8-11-17)14-19(25)22(16)24(4)13-9-12-23(2,3)20(24)15-21(26)27-5/h6-8,10-11,18-20,25H,9,12-15H2,1-5H3/t18-,19-,20-,24-/m1/s1. The maximum absolute atomic E-state index is 12.2. The predicted molar refractivity (Wildman–Crippen MR) is 108 cm³/mol. The molecule has 0 aromatic heterocycles. The van der Waals surface area contributed by atoms with Crippen LogP contribution in [0.5, 0.6) is 0 Å². The van der Waals surface area contributed by atoms with E-state index >= 15 is 0 Å². The van der Waals surface area contributed by atoms with E-state index in [1.165, 1.54) is 23.8 Å². The number of esters is 1. The SMILES string of the molecule is COC(=O)C[C@@H]1C(C)(C)CCC[C@@]1(C)C1=C(C)[C@H](c2ccccc2)C[C@H]1O. The number of methoxy groups -OCH3 is 1. The maximum atomic E-state index is 12.2. The Balaban J connectivity index is 2.04. The molecule has 0 radical (unpaired) electrons. The molecular formula is C24H34O3. The molecule has 0 unspecified atom stereocenters. The van der Waals surface area contributed by atoms with Gasteiger partial charge in [0, 0.05) is 12.3 Å². The highest BCUT2D eigenvalue weighted by Crippen LogP contribution is 2.60. The molecular weight excluding hydrogens is 336 g/mol. The summed E-state index contributed by atoms with van der Waals surface area (Å²) >= 11 is 0. The van der Waals surface area contributed by atoms with Crippen LogP contribution in [0, 0.1) is 16.7 Å². The van der Waals surface area contributed by atoms with Gasteiger partial charge in [0.25, 0.3) is 0 Å². The highest BCUT2D eigenvalue weighted by atomic mass is 16.5. The largest absolute Gasteiger partial charge is 0.469 e. The molecule has 27 heavy (non-hydrogen) atoms. The van der Waals surface area contributed by atoms with E-state index in [9.17, 15) is 9.90 Å². The average Bonchev–Trinajstić information content (AvgIpc) is 2.93. The van der Waals surface area contributed by atoms with Crippen LogP contribution < -0.4 is 0 Å². The minimum Gasteiger partial charge on any atom is -0.469 e. The molecule has 3 nitrogen and oxygen atoms in total. The van der Waals surface area contributed by atoms with Crippen molar-refractivity contribution in [2.75, 3.05) is 7.11 Å². The monoisotopic (exact) mass is 370 g/mol. The van der Waals surface area contributed by atoms with Crippen molar-refractivity contribution >= 4 is 5.97 Å². The van der Waals surface area contributed by atoms with Crippen LogP contribution in [0.25, 0.3) is 0 Å². The molecule has 0 bridgehead atoms. The molecule has 3 rings (SSSR count). The van der Waals surface area contributed by atoms with Gasteiger partial charge in [-0.3, -0.25) is 4.79 Å². The Morgan fingerprint density at radius 3 is 2.48 bits per heavy atom. The first kappa shape index (κ1) is 20.1. The molecule has 3 heteroatoms. The lowest BCUT2D eigenvalue weighted by molar-refractivity contribution is -0.145. The summed E-state index contributed by atoms with van der Waals surface area (Å²) in [6.45, 7) is 9.00. The molecule has 0 spiro atoms. The summed E-state index contributed by atoms with van der Waals surface area (Å²) in [6, 6.07) is 10.5. The van der Waals surface area contributed by atoms with Crippen LogP contribution in [0.1, 0.15) is 71.3 Å². The molecule has 1 N–H and O–H groups in total. The fraction of sp³-hybridized carbons (Fsp3) is 0.625. The first-order valence-corrected chi connectivity index (χ1v) is 10.2. The number of rotatable bonds is 4. The smallest absolute Gasteiger partial charge is 0.305 e. The van der Waals surface area contributed by atoms with Crippen molar-refractivity contribution in [3.63, 3.8) is 0 Å². The number of carbonyl (C=O) groups is 1. The lowest BCUT2D eigenvalue weighted by Crippen LogP contribution is -2.46. The van der Waals surface area contributed by atoms with Crippen LogP contribution in [0.15, 0.2) is 41.5 Å². The highest BCUT2D eigenvalue weighted by molar-refractivity contribution is 5.70. The van der Waals surface area contributed by atoms with E-state index in [1.807, 2.05) is 6.07 Å². The molecule has 4 atom stereocenters. The van der Waals surface area contributed by atoms with Crippen molar-refractivity contribution in [3.05, 3.63) is 47.0 Å². The van der Waals surface area contributed by atoms with Gasteiger partial charge in [0.05, 0.1) is 13.2 Å². The zero-order valence-corrected chi connectivity index (χ0v) is 17.4. The van der Waals surface area contributed by atoms with Gasteiger partial charge in [0.2, 0.25) is 0 Å². The van der Waals surface area contributed by atoms with Crippen molar-refractivity contribution in [3.8, 4) is 0 Å². The van der Waals surface area contributed by atoms with Crippen LogP contribution in [0.3, 0.4) is 0 Å². The highest BCUT2D eigenvalue weighted by Gasteiger charge is 2.52. The Hall–Kier alpha value is -1.61. The predicted octanol–water partition coefficient (Wildman–Crippen LogP) is 5.25. The zero-order valence-electron chi connectivity index (χ0n) is 17.4. The number of benzene rings is 1. The summed E-state index contributed by atoms with van der Waals surface area (Å²) in [7, 11) is 1.47. The first-order chi connectivity index (χ1) is 12.7. The van der Waals surface area contributed by atoms with Gasteiger partial charge in [-0.2, -0.15) is 0 Å². The minimum atomic E-state index is -0.436. The quantitative estimate of drug-likeness (QED) is 0.582. The van der Waals surface area contributed by atoms with E-state index < -0.39 is 6.10 Å². The molecule has 0 amide bonds. The number of ether oxygens (including phenoxy) is 1. The fourth-order valence-corrected chi connectivity index (χ4v) is 6.07. The third-order valence-corrected chi connectivity index (χ3v) is 7.39. The van der Waals surface area contributed by atoms with Crippen molar-refractivity contribution in [1.29, 1.82) is 0 Å². The normalized spacial score (nSPS) is 33.2. The molecule has 1 saturated carbocycles. The van der Waals surface area contributed by atoms with Gasteiger partial charge < -0.3 is 9.84 Å². The second-order valence-corrected chi connectivity index (χ2v) is 9.40. The topological polar surface area (TPSA) is 46.5 Å². The summed E-state index contributed by atoms with van der Waals surface area (Å²) in [6.07, 6.45) is 3.97. The van der Waals surface area contributed by atoms with Crippen molar-refractivity contribution in [2.45, 2.75) is 71.8 Å². The zero-order chi connectivity index (χ0) is 19.8. The van der Waals surface area contributed by atoms with Crippen LogP contribution in [0.2, 0.25) is 0 Å². The van der Waals surface area contributed by atoms with Crippen molar-refractivity contribution in [2.24, 2.45) is 16.7 Å². The molecule has 2 aliphatic rings. The van der Waals surface area contributed by atoms with E-state index in [4.69, 9.17) is 4.74 Å². The van der Waals surface area contributed by atoms with Crippen LogP contribution in [0.4, 0.5) is 0 Å². The molecule has 0 aliphatic heterocycles. The Morgan fingerprint density at radius 1 is 1.19 bits per heavy atom. The van der Waals surface area contributed by atoms with Crippen molar-refractivity contribution < 1.29 is 14.6 Å². The maximum Gasteiger partial charge on any atom is 0.305 e. The summed E-state index contributed by atoms with van der Waals surface area (Å²) in [5.74, 6) is 0.281. The van der Waals surface area contributed by atoms with Gasteiger partial charge in [-0.1, -0.05) is 63.1 Å². The van der Waals surface area contributed by atoms with E-state index in [0.29, 0.717) is 6.42 Å². The number of hydrogen-bond acceptors (Lipinski definition) is 3. The van der Waals surface area contributed by atoms with E-state index in [2.05, 4.69) is 52.0 Å². The van der Waals surface area contributed by atoms with Gasteiger partial charge >= 0.3 is 5.97 Å². The number of hydrogen-bond donors (Lipinski definition) is 1. The fourth-order valence-electron chi connectivity index (χ4n) is 6.07. The van der Waals surface area contributed by atoms with Gasteiger partial charge in [-0.25, -0.2) is 0 Å². The van der Waals surface area contributed by atoms with Gasteiger partial charge in [-0.05, 0) is 54.1 Å². The van der Waals surface area contributed by atoms with Gasteiger partial charge in [0.15, 0.2) is 0 Å². The van der Waals surface area contributed by atoms with E-state index in [1.54, 1.807) is 0 Å². The Kier molecular flexibility index (Phi) is 5.54. The summed E-state index contributed by atoms with van der Waals surface area (Å²) in [4.78, 5) is 12.2. The van der Waals surface area contributed by atoms with E-state index in [0.717, 1.165) is 25.7 Å². The second-order valence-electron chi connectivity index (χ2n) is 9.40. The van der Waals surface area contributed by atoms with Gasteiger partial charge in [0.1, 0.15) is 0 Å². The third kappa shape index (κ3) is 3.59. The summed E-state index contributed by atoms with van der Waals surface area (Å²) < 4.78 is 5.03. The molecule has 2 aliphatic carbocycles. The number of allylic oxidation sites excluding steroid dienone is 1. The lowest BCUT2D eigenvalue weighted by Gasteiger charge is -2.52. The second kappa shape index (κ2) is 7.43. The van der Waals surface area contributed by atoms with Crippen LogP contribution in [-0.2, 0) is 9.53 Å². The molecule has 1 aromatic rings. The Bertz CT molecular complexity index is 718. The first-order valence-electron chi connectivity index (χ1n) is 10.2. The Labute approximate surface area is 163 Å². The van der Waals surface area contributed by atoms with E-state index in [-0.39, 0.29) is 28.6 Å². The molecule has 1 fully saturated rings. The van der Waals surface area contributed by atoms with Gasteiger partial charge in [-0.15, -0.1) is 0 Å². The van der Waals surface area contributed by atoms with Crippen molar-refractivity contribution in [1.82, 2.24) is 0 Å². The molecule has 0 saturated heterocycles. The third-order valence-electron chi connectivity index (χ3n) is 7.39. The summed E-state index contributed by atoms with van der Waals surface area (Å²) in [5.41, 5.74) is 3.61. The number of aliphatic hydroxyl groups is 1. The Morgan fingerprint density at radius 2 is 1.85 bits per heavy atom. The molecule has 1 aromatic carbocycles. The number of carbonyl (C=O) groups excluding carboxylic acids is 1. The van der Waals surface area contributed by atoms with Crippen LogP contribution in [-0.4, -0.2) is 24.3 Å². The van der Waals surface area contributed by atoms with Crippen LogP contribution >= 0.6 is 0 Å². The molecule has 0 heterocycles. The lowest BCUT2D eigenvalue weighted by atomic mass is 9.52. The summed E-state index contributed by atoms with van der Waals surface area (Å²) in [5, 5.41) is 11.1. The minimum absolute atomic E-state index is 0.0407.